The van der Waals surface area contributed by atoms with Gasteiger partial charge in [-0.1, -0.05) is 19.8 Å². The minimum absolute atomic E-state index is 0.0733. The van der Waals surface area contributed by atoms with E-state index < -0.39 is 5.54 Å². The molecule has 118 valence electrons. The molecule has 4 nitrogen and oxygen atoms in total. The second kappa shape index (κ2) is 6.19. The van der Waals surface area contributed by atoms with E-state index in [9.17, 15) is 9.59 Å². The van der Waals surface area contributed by atoms with Gasteiger partial charge in [0.2, 0.25) is 11.8 Å². The Hall–Kier alpha value is -0.710. The van der Waals surface area contributed by atoms with Crippen LogP contribution in [0.5, 0.6) is 0 Å². The Bertz CT molecular complexity index is 415. The van der Waals surface area contributed by atoms with E-state index in [0.29, 0.717) is 5.92 Å². The van der Waals surface area contributed by atoms with E-state index in [1.807, 2.05) is 23.6 Å². The first-order chi connectivity index (χ1) is 10.2. The second-order valence-corrected chi connectivity index (χ2v) is 7.94. The molecule has 2 amide bonds. The second-order valence-electron chi connectivity index (χ2n) is 6.72. The van der Waals surface area contributed by atoms with Gasteiger partial charge in [-0.3, -0.25) is 9.59 Å². The maximum Gasteiger partial charge on any atom is 0.249 e. The normalized spacial score (nSPS) is 30.0. The molecule has 0 radical (unpaired) electrons. The molecule has 0 bridgehead atoms. The Balaban J connectivity index is 1.78. The van der Waals surface area contributed by atoms with E-state index in [4.69, 9.17) is 0 Å². The molecule has 21 heavy (non-hydrogen) atoms. The SMILES string of the molecule is CCC1C(=O)NC2(CCCC2)C(=O)N1CC1CCSCC1. The van der Waals surface area contributed by atoms with Crippen LogP contribution in [0.2, 0.25) is 0 Å². The zero-order valence-electron chi connectivity index (χ0n) is 12.9. The molecule has 1 saturated carbocycles. The number of hydrogen-bond acceptors (Lipinski definition) is 3. The summed E-state index contributed by atoms with van der Waals surface area (Å²) in [6.07, 6.45) is 6.83. The van der Waals surface area contributed by atoms with Crippen molar-refractivity contribution >= 4 is 23.6 Å². The third-order valence-corrected chi connectivity index (χ3v) is 6.40. The minimum Gasteiger partial charge on any atom is -0.340 e. The van der Waals surface area contributed by atoms with Crippen LogP contribution in [0.4, 0.5) is 0 Å². The minimum atomic E-state index is -0.563. The number of rotatable bonds is 3. The molecule has 1 aliphatic carbocycles. The molecule has 2 aliphatic heterocycles. The molecule has 2 saturated heterocycles. The summed E-state index contributed by atoms with van der Waals surface area (Å²) in [6, 6.07) is -0.252. The lowest BCUT2D eigenvalue weighted by molar-refractivity contribution is -0.155. The molecule has 0 aromatic heterocycles. The summed E-state index contributed by atoms with van der Waals surface area (Å²) in [5.41, 5.74) is -0.563. The van der Waals surface area contributed by atoms with Gasteiger partial charge in [0.15, 0.2) is 0 Å². The number of nitrogens with zero attached hydrogens (tertiary/aromatic N) is 1. The number of thioether (sulfide) groups is 1. The highest BCUT2D eigenvalue weighted by atomic mass is 32.2. The number of piperazine rings is 1. The average Bonchev–Trinajstić information content (AvgIpc) is 2.95. The molecule has 3 aliphatic rings. The van der Waals surface area contributed by atoms with Crippen molar-refractivity contribution in [1.29, 1.82) is 0 Å². The van der Waals surface area contributed by atoms with E-state index in [1.165, 1.54) is 24.3 Å². The number of carbonyl (C=O) groups excluding carboxylic acids is 2. The Kier molecular flexibility index (Phi) is 4.48. The molecule has 3 fully saturated rings. The number of nitrogens with one attached hydrogen (secondary N) is 1. The highest BCUT2D eigenvalue weighted by Gasteiger charge is 2.51. The monoisotopic (exact) mass is 310 g/mol. The predicted molar refractivity (Wildman–Crippen MR) is 85.2 cm³/mol. The van der Waals surface area contributed by atoms with Crippen molar-refractivity contribution in [1.82, 2.24) is 10.2 Å². The first-order valence-electron chi connectivity index (χ1n) is 8.37. The molecule has 1 atom stereocenters. The van der Waals surface area contributed by atoms with Crippen molar-refractivity contribution in [3.8, 4) is 0 Å². The molecule has 0 aromatic carbocycles. The third kappa shape index (κ3) is 2.81. The van der Waals surface area contributed by atoms with Gasteiger partial charge < -0.3 is 10.2 Å². The summed E-state index contributed by atoms with van der Waals surface area (Å²) in [7, 11) is 0. The van der Waals surface area contributed by atoms with Gasteiger partial charge in [0.1, 0.15) is 11.6 Å². The zero-order valence-corrected chi connectivity index (χ0v) is 13.7. The van der Waals surface area contributed by atoms with Gasteiger partial charge in [0.25, 0.3) is 0 Å². The Morgan fingerprint density at radius 2 is 1.90 bits per heavy atom. The fraction of sp³-hybridized carbons (Fsp3) is 0.875. The van der Waals surface area contributed by atoms with Crippen LogP contribution in [0.1, 0.15) is 51.9 Å². The molecule has 1 N–H and O–H groups in total. The average molecular weight is 310 g/mol. The van der Waals surface area contributed by atoms with Crippen molar-refractivity contribution in [2.45, 2.75) is 63.5 Å². The smallest absolute Gasteiger partial charge is 0.249 e. The van der Waals surface area contributed by atoms with Gasteiger partial charge in [-0.05, 0) is 49.5 Å². The summed E-state index contributed by atoms with van der Waals surface area (Å²) in [5, 5.41) is 3.08. The zero-order chi connectivity index (χ0) is 14.9. The Labute approximate surface area is 131 Å². The van der Waals surface area contributed by atoms with Crippen LogP contribution in [-0.2, 0) is 9.59 Å². The molecular formula is C16H26N2O2S. The largest absolute Gasteiger partial charge is 0.340 e. The maximum absolute atomic E-state index is 13.0. The Morgan fingerprint density at radius 1 is 1.24 bits per heavy atom. The van der Waals surface area contributed by atoms with Gasteiger partial charge >= 0.3 is 0 Å². The highest BCUT2D eigenvalue weighted by molar-refractivity contribution is 7.99. The van der Waals surface area contributed by atoms with Crippen molar-refractivity contribution in [3.63, 3.8) is 0 Å². The topological polar surface area (TPSA) is 49.4 Å². The van der Waals surface area contributed by atoms with Gasteiger partial charge in [-0.15, -0.1) is 0 Å². The molecule has 2 heterocycles. The van der Waals surface area contributed by atoms with E-state index in [-0.39, 0.29) is 17.9 Å². The summed E-state index contributed by atoms with van der Waals surface area (Å²) in [6.45, 7) is 2.79. The van der Waals surface area contributed by atoms with E-state index in [0.717, 1.165) is 38.6 Å². The molecule has 1 spiro atoms. The quantitative estimate of drug-likeness (QED) is 0.869. The molecular weight excluding hydrogens is 284 g/mol. The van der Waals surface area contributed by atoms with E-state index in [1.54, 1.807) is 0 Å². The van der Waals surface area contributed by atoms with Gasteiger partial charge in [-0.25, -0.2) is 0 Å². The lowest BCUT2D eigenvalue weighted by atomic mass is 9.88. The molecule has 0 aromatic rings. The molecule has 1 unspecified atom stereocenters. The van der Waals surface area contributed by atoms with Gasteiger partial charge in [0.05, 0.1) is 0 Å². The van der Waals surface area contributed by atoms with Crippen LogP contribution in [-0.4, -0.2) is 46.3 Å². The van der Waals surface area contributed by atoms with Crippen molar-refractivity contribution < 1.29 is 9.59 Å². The van der Waals surface area contributed by atoms with Crippen LogP contribution in [0.15, 0.2) is 0 Å². The van der Waals surface area contributed by atoms with Crippen LogP contribution in [0.3, 0.4) is 0 Å². The van der Waals surface area contributed by atoms with Crippen LogP contribution >= 0.6 is 11.8 Å². The van der Waals surface area contributed by atoms with Crippen LogP contribution in [0, 0.1) is 5.92 Å². The lowest BCUT2D eigenvalue weighted by Gasteiger charge is -2.45. The summed E-state index contributed by atoms with van der Waals surface area (Å²) in [4.78, 5) is 27.5. The number of carbonyl (C=O) groups is 2. The molecule has 3 rings (SSSR count). The van der Waals surface area contributed by atoms with Crippen LogP contribution in [0.25, 0.3) is 0 Å². The summed E-state index contributed by atoms with van der Waals surface area (Å²) < 4.78 is 0. The fourth-order valence-electron chi connectivity index (χ4n) is 4.07. The summed E-state index contributed by atoms with van der Waals surface area (Å²) in [5.74, 6) is 3.24. The summed E-state index contributed by atoms with van der Waals surface area (Å²) >= 11 is 2.00. The fourth-order valence-corrected chi connectivity index (χ4v) is 5.28. The van der Waals surface area contributed by atoms with E-state index in [2.05, 4.69) is 5.32 Å². The maximum atomic E-state index is 13.0. The standard InChI is InChI=1S/C16H26N2O2S/c1-2-13-14(19)17-16(7-3-4-8-16)15(20)18(13)11-12-5-9-21-10-6-12/h12-13H,2-11H2,1H3,(H,17,19). The molecule has 5 heteroatoms. The number of hydrogen-bond donors (Lipinski definition) is 1. The van der Waals surface area contributed by atoms with Crippen molar-refractivity contribution in [2.75, 3.05) is 18.1 Å². The predicted octanol–water partition coefficient (Wildman–Crippen LogP) is 2.18. The third-order valence-electron chi connectivity index (χ3n) is 5.35. The van der Waals surface area contributed by atoms with E-state index >= 15 is 0 Å². The first kappa shape index (κ1) is 15.2. The Morgan fingerprint density at radius 3 is 2.52 bits per heavy atom. The van der Waals surface area contributed by atoms with Crippen molar-refractivity contribution in [3.05, 3.63) is 0 Å². The number of amides is 2. The first-order valence-corrected chi connectivity index (χ1v) is 9.52. The highest BCUT2D eigenvalue weighted by Crippen LogP contribution is 2.36. The van der Waals surface area contributed by atoms with Gasteiger partial charge in [0, 0.05) is 6.54 Å². The van der Waals surface area contributed by atoms with Crippen molar-refractivity contribution in [2.24, 2.45) is 5.92 Å². The van der Waals surface area contributed by atoms with Crippen LogP contribution < -0.4 is 5.32 Å². The lowest BCUT2D eigenvalue weighted by Crippen LogP contribution is -2.69. The van der Waals surface area contributed by atoms with Gasteiger partial charge in [-0.2, -0.15) is 11.8 Å².